The predicted molar refractivity (Wildman–Crippen MR) is 112 cm³/mol. The highest BCUT2D eigenvalue weighted by molar-refractivity contribution is 6.02. The second-order valence-electron chi connectivity index (χ2n) is 7.85. The molecule has 6 heteroatoms. The molecule has 1 heterocycles. The number of carbonyl (C=O) groups excluding carboxylic acids is 2. The lowest BCUT2D eigenvalue weighted by molar-refractivity contribution is -0.120. The van der Waals surface area contributed by atoms with Gasteiger partial charge in [-0.3, -0.25) is 9.59 Å². The number of carbonyl (C=O) groups is 2. The summed E-state index contributed by atoms with van der Waals surface area (Å²) in [6, 6.07) is 5.73. The van der Waals surface area contributed by atoms with E-state index in [4.69, 9.17) is 4.74 Å². The van der Waals surface area contributed by atoms with Gasteiger partial charge < -0.3 is 20.3 Å². The van der Waals surface area contributed by atoms with Gasteiger partial charge >= 0.3 is 0 Å². The first-order chi connectivity index (χ1) is 13.7. The minimum absolute atomic E-state index is 0.0798. The molecular weight excluding hydrogens is 354 g/mol. The van der Waals surface area contributed by atoms with Crippen LogP contribution in [-0.4, -0.2) is 45.2 Å². The molecule has 0 unspecified atom stereocenters. The molecule has 1 aromatic carbocycles. The van der Waals surface area contributed by atoms with Gasteiger partial charge in [-0.2, -0.15) is 0 Å². The third-order valence-corrected chi connectivity index (χ3v) is 5.77. The zero-order chi connectivity index (χ0) is 19.8. The number of methoxy groups -OCH3 is 1. The summed E-state index contributed by atoms with van der Waals surface area (Å²) in [4.78, 5) is 27.7. The lowest BCUT2D eigenvalue weighted by Crippen LogP contribution is -2.33. The van der Waals surface area contributed by atoms with Crippen molar-refractivity contribution in [1.82, 2.24) is 5.32 Å². The van der Waals surface area contributed by atoms with Crippen molar-refractivity contribution in [3.63, 3.8) is 0 Å². The molecule has 2 amide bonds. The van der Waals surface area contributed by atoms with E-state index in [0.717, 1.165) is 57.3 Å². The first kappa shape index (κ1) is 20.6. The number of benzene rings is 1. The lowest BCUT2D eigenvalue weighted by atomic mass is 9.88. The summed E-state index contributed by atoms with van der Waals surface area (Å²) in [6.07, 6.45) is 8.92. The van der Waals surface area contributed by atoms with Crippen LogP contribution in [0.4, 0.5) is 11.4 Å². The summed E-state index contributed by atoms with van der Waals surface area (Å²) < 4.78 is 5.04. The van der Waals surface area contributed by atoms with E-state index < -0.39 is 0 Å². The molecule has 6 nitrogen and oxygen atoms in total. The molecule has 0 aromatic heterocycles. The van der Waals surface area contributed by atoms with E-state index in [2.05, 4.69) is 15.5 Å². The van der Waals surface area contributed by atoms with Crippen LogP contribution in [0.2, 0.25) is 0 Å². The van der Waals surface area contributed by atoms with Crippen molar-refractivity contribution in [1.29, 1.82) is 0 Å². The van der Waals surface area contributed by atoms with Gasteiger partial charge in [-0.15, -0.1) is 0 Å². The minimum atomic E-state index is -0.119. The molecule has 1 saturated heterocycles. The highest BCUT2D eigenvalue weighted by atomic mass is 16.5. The van der Waals surface area contributed by atoms with Gasteiger partial charge in [-0.05, 0) is 50.3 Å². The maximum absolute atomic E-state index is 12.8. The Morgan fingerprint density at radius 3 is 2.50 bits per heavy atom. The third kappa shape index (κ3) is 5.47. The number of hydrogen-bond acceptors (Lipinski definition) is 4. The Hall–Kier alpha value is -2.08. The molecule has 1 saturated carbocycles. The standard InChI is InChI=1S/C22H33N3O3/c1-28-15-12-23-22(27)19-16-18(24-21(26)17-8-4-2-5-9-17)10-11-20(19)25-13-6-3-7-14-25/h10-11,16-17H,2-9,12-15H2,1H3,(H,23,27)(H,24,26). The molecule has 0 spiro atoms. The maximum Gasteiger partial charge on any atom is 0.253 e. The quantitative estimate of drug-likeness (QED) is 0.702. The van der Waals surface area contributed by atoms with Crippen LogP contribution in [0.1, 0.15) is 61.7 Å². The van der Waals surface area contributed by atoms with Crippen molar-refractivity contribution in [2.45, 2.75) is 51.4 Å². The predicted octanol–water partition coefficient (Wildman–Crippen LogP) is 3.57. The summed E-state index contributed by atoms with van der Waals surface area (Å²) in [7, 11) is 1.62. The number of piperidine rings is 1. The second kappa shape index (κ2) is 10.5. The molecule has 154 valence electrons. The normalized spacial score (nSPS) is 18.0. The SMILES string of the molecule is COCCNC(=O)c1cc(NC(=O)C2CCCCC2)ccc1N1CCCCC1. The van der Waals surface area contributed by atoms with Gasteiger partial charge in [0.15, 0.2) is 0 Å². The number of anilines is 2. The van der Waals surface area contributed by atoms with Crippen LogP contribution in [0.3, 0.4) is 0 Å². The van der Waals surface area contributed by atoms with E-state index >= 15 is 0 Å². The van der Waals surface area contributed by atoms with Crippen molar-refractivity contribution in [2.24, 2.45) is 5.92 Å². The second-order valence-corrected chi connectivity index (χ2v) is 7.85. The van der Waals surface area contributed by atoms with Crippen LogP contribution < -0.4 is 15.5 Å². The van der Waals surface area contributed by atoms with E-state index in [-0.39, 0.29) is 17.7 Å². The van der Waals surface area contributed by atoms with Gasteiger partial charge in [0.05, 0.1) is 12.2 Å². The molecule has 1 aliphatic heterocycles. The van der Waals surface area contributed by atoms with E-state index in [1.807, 2.05) is 18.2 Å². The lowest BCUT2D eigenvalue weighted by Gasteiger charge is -2.30. The number of amides is 2. The average Bonchev–Trinajstić information content (AvgIpc) is 2.75. The van der Waals surface area contributed by atoms with E-state index in [0.29, 0.717) is 24.4 Å². The first-order valence-corrected chi connectivity index (χ1v) is 10.7. The minimum Gasteiger partial charge on any atom is -0.383 e. The molecule has 0 radical (unpaired) electrons. The largest absolute Gasteiger partial charge is 0.383 e. The molecule has 2 aliphatic rings. The Kier molecular flexibility index (Phi) is 7.71. The maximum atomic E-state index is 12.8. The Bertz CT molecular complexity index is 665. The van der Waals surface area contributed by atoms with Crippen LogP contribution >= 0.6 is 0 Å². The van der Waals surface area contributed by atoms with E-state index in [9.17, 15) is 9.59 Å². The van der Waals surface area contributed by atoms with Gasteiger partial charge in [0, 0.05) is 44.0 Å². The third-order valence-electron chi connectivity index (χ3n) is 5.77. The molecule has 28 heavy (non-hydrogen) atoms. The van der Waals surface area contributed by atoms with Gasteiger partial charge in [-0.1, -0.05) is 19.3 Å². The van der Waals surface area contributed by atoms with Crippen molar-refractivity contribution < 1.29 is 14.3 Å². The molecule has 0 bridgehead atoms. The van der Waals surface area contributed by atoms with Crippen LogP contribution in [0, 0.1) is 5.92 Å². The monoisotopic (exact) mass is 387 g/mol. The molecule has 3 rings (SSSR count). The zero-order valence-electron chi connectivity index (χ0n) is 17.0. The fourth-order valence-electron chi connectivity index (χ4n) is 4.18. The Morgan fingerprint density at radius 1 is 1.07 bits per heavy atom. The van der Waals surface area contributed by atoms with Crippen LogP contribution in [0.5, 0.6) is 0 Å². The highest BCUT2D eigenvalue weighted by Crippen LogP contribution is 2.29. The van der Waals surface area contributed by atoms with Crippen molar-refractivity contribution in [3.8, 4) is 0 Å². The van der Waals surface area contributed by atoms with Crippen molar-refractivity contribution in [3.05, 3.63) is 23.8 Å². The highest BCUT2D eigenvalue weighted by Gasteiger charge is 2.23. The number of ether oxygens (including phenoxy) is 1. The topological polar surface area (TPSA) is 70.7 Å². The number of hydrogen-bond donors (Lipinski definition) is 2. The summed E-state index contributed by atoms with van der Waals surface area (Å²) in [5.74, 6) is 0.0528. The van der Waals surface area contributed by atoms with Crippen LogP contribution in [0.25, 0.3) is 0 Å². The Balaban J connectivity index is 1.76. The zero-order valence-corrected chi connectivity index (χ0v) is 17.0. The van der Waals surface area contributed by atoms with Gasteiger partial charge in [0.1, 0.15) is 0 Å². The van der Waals surface area contributed by atoms with Gasteiger partial charge in [0.25, 0.3) is 5.91 Å². The van der Waals surface area contributed by atoms with E-state index in [1.54, 1.807) is 7.11 Å². The summed E-state index contributed by atoms with van der Waals surface area (Å²) >= 11 is 0. The number of nitrogens with zero attached hydrogens (tertiary/aromatic N) is 1. The molecule has 1 aromatic rings. The summed E-state index contributed by atoms with van der Waals surface area (Å²) in [5.41, 5.74) is 2.28. The summed E-state index contributed by atoms with van der Waals surface area (Å²) in [6.45, 7) is 2.87. The van der Waals surface area contributed by atoms with Crippen LogP contribution in [-0.2, 0) is 9.53 Å². The van der Waals surface area contributed by atoms with Crippen molar-refractivity contribution >= 4 is 23.2 Å². The molecular formula is C22H33N3O3. The Morgan fingerprint density at radius 2 is 1.79 bits per heavy atom. The smallest absolute Gasteiger partial charge is 0.253 e. The van der Waals surface area contributed by atoms with Gasteiger partial charge in [0.2, 0.25) is 5.91 Å². The average molecular weight is 388 g/mol. The number of nitrogens with one attached hydrogen (secondary N) is 2. The Labute approximate surface area is 168 Å². The van der Waals surface area contributed by atoms with E-state index in [1.165, 1.54) is 12.8 Å². The van der Waals surface area contributed by atoms with Gasteiger partial charge in [-0.25, -0.2) is 0 Å². The van der Waals surface area contributed by atoms with Crippen molar-refractivity contribution in [2.75, 3.05) is 43.6 Å². The number of rotatable bonds is 7. The molecule has 2 N–H and O–H groups in total. The fraction of sp³-hybridized carbons (Fsp3) is 0.636. The molecule has 0 atom stereocenters. The van der Waals surface area contributed by atoms with Crippen LogP contribution in [0.15, 0.2) is 18.2 Å². The first-order valence-electron chi connectivity index (χ1n) is 10.7. The molecule has 1 aliphatic carbocycles. The summed E-state index contributed by atoms with van der Waals surface area (Å²) in [5, 5.41) is 5.96. The molecule has 2 fully saturated rings. The fourth-order valence-corrected chi connectivity index (χ4v) is 4.18.